The van der Waals surface area contributed by atoms with E-state index in [-0.39, 0.29) is 36.4 Å². The predicted octanol–water partition coefficient (Wildman–Crippen LogP) is 4.56. The number of benzene rings is 1. The molecule has 1 aromatic carbocycles. The van der Waals surface area contributed by atoms with Crippen molar-refractivity contribution in [3.8, 4) is 11.8 Å². The number of nitrogens with one attached hydrogen (secondary N) is 1. The molecule has 1 amide bonds. The first-order valence-corrected chi connectivity index (χ1v) is 9.10. The highest BCUT2D eigenvalue weighted by molar-refractivity contribution is 6.09. The van der Waals surface area contributed by atoms with Crippen LogP contribution in [0.4, 0.5) is 4.39 Å². The van der Waals surface area contributed by atoms with Crippen molar-refractivity contribution in [1.29, 1.82) is 0 Å². The summed E-state index contributed by atoms with van der Waals surface area (Å²) in [6.45, 7) is 8.29. The number of halogens is 1. The van der Waals surface area contributed by atoms with Crippen molar-refractivity contribution in [2.45, 2.75) is 47.6 Å². The van der Waals surface area contributed by atoms with Gasteiger partial charge in [0.1, 0.15) is 0 Å². The first kappa shape index (κ1) is 23.0. The number of ketones is 2. The van der Waals surface area contributed by atoms with Crippen LogP contribution in [-0.4, -0.2) is 17.5 Å². The van der Waals surface area contributed by atoms with E-state index in [1.54, 1.807) is 45.0 Å². The number of Topliss-reactive ketones (excluding diaryl/α,β-unsaturated/α-hetero) is 2. The molecule has 148 valence electrons. The Labute approximate surface area is 165 Å². The Hall–Kier alpha value is -3.00. The lowest BCUT2D eigenvalue weighted by Crippen LogP contribution is -2.25. The van der Waals surface area contributed by atoms with Gasteiger partial charge in [-0.3, -0.25) is 14.4 Å². The highest BCUT2D eigenvalue weighted by atomic mass is 19.1. The minimum atomic E-state index is -0.609. The summed E-state index contributed by atoms with van der Waals surface area (Å²) in [4.78, 5) is 36.8. The molecule has 0 aliphatic carbocycles. The van der Waals surface area contributed by atoms with Gasteiger partial charge < -0.3 is 5.32 Å². The minimum Gasteiger partial charge on any atom is -0.352 e. The van der Waals surface area contributed by atoms with Gasteiger partial charge in [0.15, 0.2) is 17.4 Å². The van der Waals surface area contributed by atoms with Crippen LogP contribution < -0.4 is 5.32 Å². The third-order valence-corrected chi connectivity index (χ3v) is 4.06. The smallest absolute Gasteiger partial charge is 0.224 e. The van der Waals surface area contributed by atoms with Gasteiger partial charge in [0.25, 0.3) is 0 Å². The molecule has 0 radical (unpaired) electrons. The lowest BCUT2D eigenvalue weighted by Gasteiger charge is -2.14. The second kappa shape index (κ2) is 11.0. The van der Waals surface area contributed by atoms with E-state index >= 15 is 0 Å². The molecule has 28 heavy (non-hydrogen) atoms. The Kier molecular flexibility index (Phi) is 9.04. The zero-order valence-corrected chi connectivity index (χ0v) is 17.0. The molecule has 0 fully saturated rings. The molecule has 1 rings (SSSR count). The summed E-state index contributed by atoms with van der Waals surface area (Å²) >= 11 is 0. The molecule has 0 spiro atoms. The van der Waals surface area contributed by atoms with Crippen LogP contribution in [0.2, 0.25) is 0 Å². The van der Waals surface area contributed by atoms with E-state index in [9.17, 15) is 18.8 Å². The van der Waals surface area contributed by atoms with Crippen molar-refractivity contribution in [2.24, 2.45) is 5.92 Å². The van der Waals surface area contributed by atoms with E-state index < -0.39 is 5.83 Å². The molecule has 0 atom stereocenters. The summed E-state index contributed by atoms with van der Waals surface area (Å²) in [7, 11) is 0. The van der Waals surface area contributed by atoms with Crippen molar-refractivity contribution in [2.75, 3.05) is 0 Å². The molecule has 5 heteroatoms. The van der Waals surface area contributed by atoms with Gasteiger partial charge in [0.2, 0.25) is 5.91 Å². The molecule has 0 aromatic heterocycles. The Balaban J connectivity index is 2.97. The maximum atomic E-state index is 13.5. The van der Waals surface area contributed by atoms with Gasteiger partial charge in [0.05, 0.1) is 6.42 Å². The first-order valence-electron chi connectivity index (χ1n) is 9.10. The average molecular weight is 383 g/mol. The van der Waals surface area contributed by atoms with Crippen LogP contribution in [0.15, 0.2) is 41.8 Å². The van der Waals surface area contributed by atoms with E-state index in [4.69, 9.17) is 0 Å². The Bertz CT molecular complexity index is 883. The van der Waals surface area contributed by atoms with Gasteiger partial charge in [0, 0.05) is 23.6 Å². The highest BCUT2D eigenvalue weighted by Crippen LogP contribution is 2.20. The molecule has 0 saturated carbocycles. The number of rotatable bonds is 8. The lowest BCUT2D eigenvalue weighted by atomic mass is 9.91. The van der Waals surface area contributed by atoms with Crippen LogP contribution in [0.25, 0.3) is 0 Å². The van der Waals surface area contributed by atoms with Gasteiger partial charge in [-0.2, -0.15) is 4.39 Å². The van der Waals surface area contributed by atoms with E-state index in [0.717, 1.165) is 0 Å². The predicted molar refractivity (Wildman–Crippen MR) is 108 cm³/mol. The number of hydrogen-bond acceptors (Lipinski definition) is 3. The van der Waals surface area contributed by atoms with E-state index in [0.29, 0.717) is 22.3 Å². The van der Waals surface area contributed by atoms with E-state index in [2.05, 4.69) is 17.2 Å². The van der Waals surface area contributed by atoms with Gasteiger partial charge in [-0.25, -0.2) is 0 Å². The standard InChI is InChI=1S/C23H26FNO3/c1-6-9-19(24)12-17(7-2)13-21(27)25-14-18-10-8-11-20(22(18)16(5)26)23(28)15(3)4/h7-8,10-12,15H,13-14H2,1-5H3,(H,25,27)/b17-7+,19-12+. The Morgan fingerprint density at radius 1 is 1.25 bits per heavy atom. The monoisotopic (exact) mass is 383 g/mol. The van der Waals surface area contributed by atoms with Crippen LogP contribution in [-0.2, 0) is 11.3 Å². The molecular formula is C23H26FNO3. The molecular weight excluding hydrogens is 357 g/mol. The normalized spacial score (nSPS) is 11.7. The third-order valence-electron chi connectivity index (χ3n) is 4.06. The fourth-order valence-electron chi connectivity index (χ4n) is 2.68. The number of carbonyl (C=O) groups excluding carboxylic acids is 3. The van der Waals surface area contributed by atoms with E-state index in [1.165, 1.54) is 19.9 Å². The maximum absolute atomic E-state index is 13.5. The zero-order valence-electron chi connectivity index (χ0n) is 17.0. The summed E-state index contributed by atoms with van der Waals surface area (Å²) in [6, 6.07) is 5.04. The fraction of sp³-hybridized carbons (Fsp3) is 0.348. The summed E-state index contributed by atoms with van der Waals surface area (Å²) in [6.07, 6.45) is 2.84. The molecule has 0 unspecified atom stereocenters. The van der Waals surface area contributed by atoms with Crippen LogP contribution in [0.1, 0.15) is 67.3 Å². The molecule has 0 heterocycles. The largest absolute Gasteiger partial charge is 0.352 e. The SMILES string of the molecule is CC#C/C(F)=C\C(=C/C)CC(=O)NCc1cccc(C(=O)C(C)C)c1C(C)=O. The van der Waals surface area contributed by atoms with Gasteiger partial charge in [-0.15, -0.1) is 0 Å². The zero-order chi connectivity index (χ0) is 21.3. The first-order chi connectivity index (χ1) is 13.2. The molecule has 4 nitrogen and oxygen atoms in total. The Morgan fingerprint density at radius 3 is 2.46 bits per heavy atom. The molecule has 0 aliphatic rings. The van der Waals surface area contributed by atoms with Crippen LogP contribution in [0, 0.1) is 17.8 Å². The van der Waals surface area contributed by atoms with Gasteiger partial charge in [-0.1, -0.05) is 44.0 Å². The minimum absolute atomic E-state index is 0.0185. The average Bonchev–Trinajstić information content (AvgIpc) is 2.64. The van der Waals surface area contributed by atoms with Crippen molar-refractivity contribution in [3.05, 3.63) is 58.4 Å². The number of amides is 1. The number of hydrogen-bond donors (Lipinski definition) is 1. The Morgan fingerprint density at radius 2 is 1.93 bits per heavy atom. The van der Waals surface area contributed by atoms with Crippen molar-refractivity contribution in [3.63, 3.8) is 0 Å². The van der Waals surface area contributed by atoms with E-state index in [1.807, 2.05) is 0 Å². The van der Waals surface area contributed by atoms with Crippen LogP contribution in [0.3, 0.4) is 0 Å². The molecule has 1 aromatic rings. The lowest BCUT2D eigenvalue weighted by molar-refractivity contribution is -0.120. The quantitative estimate of drug-likeness (QED) is 0.407. The second-order valence-electron chi connectivity index (χ2n) is 6.60. The van der Waals surface area contributed by atoms with Crippen molar-refractivity contribution >= 4 is 17.5 Å². The summed E-state index contributed by atoms with van der Waals surface area (Å²) in [5.74, 6) is 3.22. The fourth-order valence-corrected chi connectivity index (χ4v) is 2.68. The number of carbonyl (C=O) groups is 3. The summed E-state index contributed by atoms with van der Waals surface area (Å²) in [5, 5.41) is 2.73. The van der Waals surface area contributed by atoms with Crippen LogP contribution >= 0.6 is 0 Å². The maximum Gasteiger partial charge on any atom is 0.224 e. The third kappa shape index (κ3) is 6.62. The molecule has 0 saturated heterocycles. The van der Waals surface area contributed by atoms with Crippen LogP contribution in [0.5, 0.6) is 0 Å². The van der Waals surface area contributed by atoms with Crippen molar-refractivity contribution in [1.82, 2.24) is 5.32 Å². The summed E-state index contributed by atoms with van der Waals surface area (Å²) in [5.41, 5.74) is 1.77. The molecule has 0 aliphatic heterocycles. The van der Waals surface area contributed by atoms with Crippen molar-refractivity contribution < 1.29 is 18.8 Å². The molecule has 1 N–H and O–H groups in total. The second-order valence-corrected chi connectivity index (χ2v) is 6.60. The van der Waals surface area contributed by atoms with Gasteiger partial charge in [-0.05, 0) is 43.9 Å². The topological polar surface area (TPSA) is 63.2 Å². The summed E-state index contributed by atoms with van der Waals surface area (Å²) < 4.78 is 13.5. The van der Waals surface area contributed by atoms with Gasteiger partial charge >= 0.3 is 0 Å². The highest BCUT2D eigenvalue weighted by Gasteiger charge is 2.20. The molecule has 0 bridgehead atoms. The number of allylic oxidation sites excluding steroid dienone is 3.